The number of hydrogen-bond acceptors (Lipinski definition) is 4. The Hall–Kier alpha value is -2.57. The van der Waals surface area contributed by atoms with E-state index in [1.54, 1.807) is 31.2 Å². The van der Waals surface area contributed by atoms with Crippen LogP contribution in [-0.4, -0.2) is 43.0 Å². The van der Waals surface area contributed by atoms with E-state index in [2.05, 4.69) is 16.0 Å². The third kappa shape index (κ3) is 7.29. The van der Waals surface area contributed by atoms with Crippen molar-refractivity contribution in [3.63, 3.8) is 0 Å². The molecule has 0 bridgehead atoms. The summed E-state index contributed by atoms with van der Waals surface area (Å²) in [7, 11) is 0. The number of nitrogens with one attached hydrogen (secondary N) is 3. The standard InChI is InChI=1S/C20H31N3O4/c1-6-12-21-18(24)14(5)22-20(26)17(13(3)4)23-19(25)15-8-10-16(11-9-15)27-7-2/h8-11,13-14,17H,6-7,12H2,1-5H3,(H,21,24)(H,22,26)(H,23,25). The Labute approximate surface area is 161 Å². The first-order valence-corrected chi connectivity index (χ1v) is 9.41. The summed E-state index contributed by atoms with van der Waals surface area (Å²) >= 11 is 0. The van der Waals surface area contributed by atoms with Gasteiger partial charge < -0.3 is 20.7 Å². The Morgan fingerprint density at radius 1 is 0.963 bits per heavy atom. The molecule has 1 aromatic rings. The highest BCUT2D eigenvalue weighted by atomic mass is 16.5. The topological polar surface area (TPSA) is 96.5 Å². The van der Waals surface area contributed by atoms with E-state index in [1.165, 1.54) is 0 Å². The van der Waals surface area contributed by atoms with E-state index in [0.29, 0.717) is 24.5 Å². The maximum atomic E-state index is 12.6. The molecule has 7 heteroatoms. The van der Waals surface area contributed by atoms with Crippen molar-refractivity contribution in [1.29, 1.82) is 0 Å². The number of ether oxygens (including phenoxy) is 1. The van der Waals surface area contributed by atoms with Crippen LogP contribution in [0.1, 0.15) is 51.4 Å². The van der Waals surface area contributed by atoms with E-state index in [1.807, 2.05) is 27.7 Å². The molecule has 0 aromatic heterocycles. The van der Waals surface area contributed by atoms with Crippen molar-refractivity contribution in [3.05, 3.63) is 29.8 Å². The molecule has 27 heavy (non-hydrogen) atoms. The van der Waals surface area contributed by atoms with Crippen LogP contribution in [0.15, 0.2) is 24.3 Å². The highest BCUT2D eigenvalue weighted by molar-refractivity contribution is 5.98. The molecule has 0 saturated heterocycles. The maximum Gasteiger partial charge on any atom is 0.251 e. The van der Waals surface area contributed by atoms with Crippen LogP contribution >= 0.6 is 0 Å². The van der Waals surface area contributed by atoms with Gasteiger partial charge in [0.15, 0.2) is 0 Å². The molecule has 2 unspecified atom stereocenters. The zero-order valence-electron chi connectivity index (χ0n) is 16.8. The molecule has 7 nitrogen and oxygen atoms in total. The number of rotatable bonds is 10. The molecule has 0 heterocycles. The third-order valence-electron chi connectivity index (χ3n) is 3.96. The van der Waals surface area contributed by atoms with Gasteiger partial charge in [0.25, 0.3) is 5.91 Å². The van der Waals surface area contributed by atoms with Gasteiger partial charge in [-0.1, -0.05) is 20.8 Å². The summed E-state index contributed by atoms with van der Waals surface area (Å²) in [6, 6.07) is 5.30. The highest BCUT2D eigenvalue weighted by Gasteiger charge is 2.27. The second-order valence-corrected chi connectivity index (χ2v) is 6.67. The van der Waals surface area contributed by atoms with Crippen molar-refractivity contribution in [2.24, 2.45) is 5.92 Å². The molecule has 2 atom stereocenters. The third-order valence-corrected chi connectivity index (χ3v) is 3.96. The van der Waals surface area contributed by atoms with Gasteiger partial charge in [0, 0.05) is 12.1 Å². The van der Waals surface area contributed by atoms with Crippen molar-refractivity contribution in [1.82, 2.24) is 16.0 Å². The normalized spacial score (nSPS) is 12.8. The summed E-state index contributed by atoms with van der Waals surface area (Å²) in [4.78, 5) is 37.0. The lowest BCUT2D eigenvalue weighted by Crippen LogP contribution is -2.54. The van der Waals surface area contributed by atoms with Crippen LogP contribution in [0.2, 0.25) is 0 Å². The number of amides is 3. The van der Waals surface area contributed by atoms with Crippen molar-refractivity contribution in [3.8, 4) is 5.75 Å². The predicted molar refractivity (Wildman–Crippen MR) is 105 cm³/mol. The molecule has 150 valence electrons. The summed E-state index contributed by atoms with van der Waals surface area (Å²) in [5, 5.41) is 8.15. The molecule has 0 saturated carbocycles. The summed E-state index contributed by atoms with van der Waals surface area (Å²) in [5.41, 5.74) is 0.436. The van der Waals surface area contributed by atoms with Crippen LogP contribution in [-0.2, 0) is 9.59 Å². The lowest BCUT2D eigenvalue weighted by atomic mass is 10.0. The zero-order valence-corrected chi connectivity index (χ0v) is 16.8. The number of carbonyl (C=O) groups is 3. The maximum absolute atomic E-state index is 12.6. The van der Waals surface area contributed by atoms with Gasteiger partial charge in [0.2, 0.25) is 11.8 Å². The van der Waals surface area contributed by atoms with Crippen molar-refractivity contribution < 1.29 is 19.1 Å². The first-order valence-electron chi connectivity index (χ1n) is 9.41. The Morgan fingerprint density at radius 2 is 1.59 bits per heavy atom. The van der Waals surface area contributed by atoms with Crippen LogP contribution in [0.3, 0.4) is 0 Å². The van der Waals surface area contributed by atoms with Crippen molar-refractivity contribution in [2.45, 2.75) is 53.1 Å². The Morgan fingerprint density at radius 3 is 2.11 bits per heavy atom. The molecule has 0 aliphatic carbocycles. The van der Waals surface area contributed by atoms with Gasteiger partial charge in [-0.3, -0.25) is 14.4 Å². The Bertz CT molecular complexity index is 629. The lowest BCUT2D eigenvalue weighted by Gasteiger charge is -2.24. The molecule has 0 fully saturated rings. The molecule has 0 aliphatic rings. The molecule has 3 N–H and O–H groups in total. The van der Waals surface area contributed by atoms with Gasteiger partial charge in [0.05, 0.1) is 6.61 Å². The zero-order chi connectivity index (χ0) is 20.4. The fourth-order valence-electron chi connectivity index (χ4n) is 2.40. The molecule has 0 radical (unpaired) electrons. The van der Waals surface area contributed by atoms with Crippen LogP contribution in [0.5, 0.6) is 5.75 Å². The first-order chi connectivity index (χ1) is 12.8. The van der Waals surface area contributed by atoms with E-state index in [9.17, 15) is 14.4 Å². The minimum atomic E-state index is -0.745. The molecule has 3 amide bonds. The average Bonchev–Trinajstić information content (AvgIpc) is 2.64. The van der Waals surface area contributed by atoms with Crippen molar-refractivity contribution >= 4 is 17.7 Å². The second kappa shape index (κ2) is 11.2. The van der Waals surface area contributed by atoms with Gasteiger partial charge in [-0.25, -0.2) is 0 Å². The first kappa shape index (κ1) is 22.5. The second-order valence-electron chi connectivity index (χ2n) is 6.67. The monoisotopic (exact) mass is 377 g/mol. The Kier molecular flexibility index (Phi) is 9.33. The van der Waals surface area contributed by atoms with Crippen LogP contribution < -0.4 is 20.7 Å². The van der Waals surface area contributed by atoms with Gasteiger partial charge in [-0.2, -0.15) is 0 Å². The summed E-state index contributed by atoms with van der Waals surface area (Å²) < 4.78 is 5.36. The van der Waals surface area contributed by atoms with Crippen LogP contribution in [0.25, 0.3) is 0 Å². The average molecular weight is 377 g/mol. The van der Waals surface area contributed by atoms with E-state index in [4.69, 9.17) is 4.74 Å². The minimum absolute atomic E-state index is 0.137. The number of hydrogen-bond donors (Lipinski definition) is 3. The summed E-state index contributed by atoms with van der Waals surface area (Å²) in [5.74, 6) is -0.439. The molecular weight excluding hydrogens is 346 g/mol. The molecular formula is C20H31N3O4. The van der Waals surface area contributed by atoms with E-state index >= 15 is 0 Å². The van der Waals surface area contributed by atoms with Gasteiger partial charge in [-0.15, -0.1) is 0 Å². The molecule has 0 spiro atoms. The number of carbonyl (C=O) groups excluding carboxylic acids is 3. The van der Waals surface area contributed by atoms with E-state index in [-0.39, 0.29) is 23.6 Å². The van der Waals surface area contributed by atoms with Crippen LogP contribution in [0.4, 0.5) is 0 Å². The van der Waals surface area contributed by atoms with E-state index < -0.39 is 12.1 Å². The van der Waals surface area contributed by atoms with E-state index in [0.717, 1.165) is 6.42 Å². The number of benzene rings is 1. The Balaban J connectivity index is 2.72. The highest BCUT2D eigenvalue weighted by Crippen LogP contribution is 2.13. The quantitative estimate of drug-likeness (QED) is 0.580. The van der Waals surface area contributed by atoms with Gasteiger partial charge in [0.1, 0.15) is 17.8 Å². The summed E-state index contributed by atoms with van der Waals surface area (Å²) in [6.45, 7) is 10.2. The SMILES string of the molecule is CCCNC(=O)C(C)NC(=O)C(NC(=O)c1ccc(OCC)cc1)C(C)C. The summed E-state index contributed by atoms with van der Waals surface area (Å²) in [6.07, 6.45) is 0.819. The van der Waals surface area contributed by atoms with Crippen LogP contribution in [0, 0.1) is 5.92 Å². The van der Waals surface area contributed by atoms with Gasteiger partial charge in [-0.05, 0) is 50.5 Å². The fourth-order valence-corrected chi connectivity index (χ4v) is 2.40. The molecule has 1 aromatic carbocycles. The molecule has 1 rings (SSSR count). The lowest BCUT2D eigenvalue weighted by molar-refractivity contribution is -0.130. The smallest absolute Gasteiger partial charge is 0.251 e. The molecule has 0 aliphatic heterocycles. The fraction of sp³-hybridized carbons (Fsp3) is 0.550. The minimum Gasteiger partial charge on any atom is -0.494 e. The largest absolute Gasteiger partial charge is 0.494 e. The van der Waals surface area contributed by atoms with Gasteiger partial charge >= 0.3 is 0 Å². The predicted octanol–water partition coefficient (Wildman–Crippen LogP) is 1.87. The van der Waals surface area contributed by atoms with Crippen molar-refractivity contribution in [2.75, 3.05) is 13.2 Å².